The molecular formula is C13H15BrN2OS. The van der Waals surface area contributed by atoms with Gasteiger partial charge in [-0.25, -0.2) is 4.98 Å². The van der Waals surface area contributed by atoms with E-state index in [1.54, 1.807) is 18.9 Å². The molecule has 0 amide bonds. The first-order valence-corrected chi connectivity index (χ1v) is 7.40. The van der Waals surface area contributed by atoms with E-state index in [-0.39, 0.29) is 0 Å². The summed E-state index contributed by atoms with van der Waals surface area (Å²) in [5.74, 6) is 0.816. The van der Waals surface area contributed by atoms with Crippen molar-refractivity contribution in [1.29, 1.82) is 0 Å². The summed E-state index contributed by atoms with van der Waals surface area (Å²) in [5, 5.41) is 1.01. The molecule has 3 nitrogen and oxygen atoms in total. The van der Waals surface area contributed by atoms with Crippen molar-refractivity contribution in [3.63, 3.8) is 0 Å². The first kappa shape index (κ1) is 13.6. The molecule has 0 radical (unpaired) electrons. The monoisotopic (exact) mass is 326 g/mol. The summed E-state index contributed by atoms with van der Waals surface area (Å²) in [5.41, 5.74) is 2.17. The summed E-state index contributed by atoms with van der Waals surface area (Å²) in [6, 6.07) is 8.16. The predicted molar refractivity (Wildman–Crippen MR) is 80.4 cm³/mol. The van der Waals surface area contributed by atoms with Crippen LogP contribution in [0.25, 0.3) is 11.0 Å². The number of hydrogen-bond acceptors (Lipinski definition) is 3. The molecule has 0 saturated heterocycles. The van der Waals surface area contributed by atoms with Gasteiger partial charge in [0.2, 0.25) is 0 Å². The topological polar surface area (TPSA) is 27.1 Å². The van der Waals surface area contributed by atoms with Gasteiger partial charge in [-0.2, -0.15) is 0 Å². The first-order chi connectivity index (χ1) is 8.72. The van der Waals surface area contributed by atoms with Crippen LogP contribution in [-0.2, 0) is 11.3 Å². The zero-order valence-corrected chi connectivity index (χ0v) is 12.6. The van der Waals surface area contributed by atoms with Crippen LogP contribution >= 0.6 is 27.7 Å². The minimum atomic E-state index is 0.684. The van der Waals surface area contributed by atoms with Crippen LogP contribution in [-0.4, -0.2) is 29.0 Å². The van der Waals surface area contributed by atoms with E-state index in [2.05, 4.69) is 38.1 Å². The van der Waals surface area contributed by atoms with Gasteiger partial charge in [-0.1, -0.05) is 46.4 Å². The Labute approximate surface area is 119 Å². The number of methoxy groups -OCH3 is 1. The molecule has 2 aromatic rings. The van der Waals surface area contributed by atoms with Crippen LogP contribution in [0, 0.1) is 0 Å². The highest BCUT2D eigenvalue weighted by Crippen LogP contribution is 2.26. The fraction of sp³-hybridized carbons (Fsp3) is 0.308. The maximum absolute atomic E-state index is 5.16. The maximum atomic E-state index is 5.16. The van der Waals surface area contributed by atoms with Crippen LogP contribution in [0.15, 0.2) is 40.5 Å². The van der Waals surface area contributed by atoms with Gasteiger partial charge < -0.3 is 9.30 Å². The van der Waals surface area contributed by atoms with E-state index in [0.29, 0.717) is 6.61 Å². The average Bonchev–Trinajstić information content (AvgIpc) is 2.71. The molecule has 0 spiro atoms. The van der Waals surface area contributed by atoms with Crippen LogP contribution in [0.4, 0.5) is 0 Å². The van der Waals surface area contributed by atoms with Gasteiger partial charge >= 0.3 is 0 Å². The van der Waals surface area contributed by atoms with Gasteiger partial charge in [-0.05, 0) is 16.6 Å². The number of halogens is 1. The summed E-state index contributed by atoms with van der Waals surface area (Å²) < 4.78 is 8.32. The summed E-state index contributed by atoms with van der Waals surface area (Å²) in [6.07, 6.45) is 0. The Kier molecular flexibility index (Phi) is 4.86. The van der Waals surface area contributed by atoms with Crippen LogP contribution in [0.1, 0.15) is 0 Å². The first-order valence-electron chi connectivity index (χ1n) is 5.62. The molecular weight excluding hydrogens is 312 g/mol. The minimum Gasteiger partial charge on any atom is -0.383 e. The summed E-state index contributed by atoms with van der Waals surface area (Å²) in [4.78, 5) is 4.65. The van der Waals surface area contributed by atoms with E-state index in [1.165, 1.54) is 0 Å². The van der Waals surface area contributed by atoms with Crippen molar-refractivity contribution in [2.45, 2.75) is 11.7 Å². The molecule has 0 aliphatic heterocycles. The standard InChI is InChI=1S/C13H15BrN2OS/c1-10(14)9-18-13-15-11-5-3-4-6-12(11)16(13)7-8-17-2/h3-6H,1,7-9H2,2H3. The lowest BCUT2D eigenvalue weighted by molar-refractivity contribution is 0.186. The SMILES string of the molecule is C=C(Br)CSc1nc2ccccc2n1CCOC. The van der Waals surface area contributed by atoms with E-state index in [4.69, 9.17) is 4.74 Å². The Hall–Kier alpha value is -0.780. The molecule has 0 bridgehead atoms. The highest BCUT2D eigenvalue weighted by Gasteiger charge is 2.10. The van der Waals surface area contributed by atoms with Gasteiger partial charge in [-0.3, -0.25) is 0 Å². The lowest BCUT2D eigenvalue weighted by Gasteiger charge is -2.07. The molecule has 0 unspecified atom stereocenters. The molecule has 0 aliphatic carbocycles. The number of thioether (sulfide) groups is 1. The molecule has 1 aromatic carbocycles. The number of aromatic nitrogens is 2. The Morgan fingerprint density at radius 1 is 1.50 bits per heavy atom. The molecule has 18 heavy (non-hydrogen) atoms. The number of fused-ring (bicyclic) bond motifs is 1. The fourth-order valence-electron chi connectivity index (χ4n) is 1.71. The lowest BCUT2D eigenvalue weighted by atomic mass is 10.3. The smallest absolute Gasteiger partial charge is 0.169 e. The Morgan fingerprint density at radius 2 is 2.28 bits per heavy atom. The van der Waals surface area contributed by atoms with E-state index < -0.39 is 0 Å². The molecule has 0 aliphatic rings. The second-order valence-electron chi connectivity index (χ2n) is 3.83. The predicted octanol–water partition coefficient (Wildman–Crippen LogP) is 3.68. The third kappa shape index (κ3) is 3.16. The maximum Gasteiger partial charge on any atom is 0.169 e. The van der Waals surface area contributed by atoms with Crippen molar-refractivity contribution in [2.75, 3.05) is 19.5 Å². The van der Waals surface area contributed by atoms with Crippen molar-refractivity contribution < 1.29 is 4.74 Å². The van der Waals surface area contributed by atoms with Gasteiger partial charge in [0, 0.05) is 19.4 Å². The van der Waals surface area contributed by atoms with Gasteiger partial charge in [0.15, 0.2) is 5.16 Å². The van der Waals surface area contributed by atoms with Crippen LogP contribution in [0.5, 0.6) is 0 Å². The molecule has 1 aromatic heterocycles. The van der Waals surface area contributed by atoms with Crippen molar-refractivity contribution in [3.05, 3.63) is 35.3 Å². The quantitative estimate of drug-likeness (QED) is 0.757. The Balaban J connectivity index is 2.33. The summed E-state index contributed by atoms with van der Waals surface area (Å²) >= 11 is 5.06. The molecule has 0 saturated carbocycles. The van der Waals surface area contributed by atoms with Crippen molar-refractivity contribution in [2.24, 2.45) is 0 Å². The zero-order valence-electron chi connectivity index (χ0n) is 10.2. The van der Waals surface area contributed by atoms with Gasteiger partial charge in [0.05, 0.1) is 17.6 Å². The summed E-state index contributed by atoms with van der Waals surface area (Å²) in [7, 11) is 1.71. The molecule has 1 heterocycles. The minimum absolute atomic E-state index is 0.684. The van der Waals surface area contributed by atoms with E-state index in [1.807, 2.05) is 18.2 Å². The molecule has 96 valence electrons. The fourth-order valence-corrected chi connectivity index (χ4v) is 2.84. The number of rotatable bonds is 6. The Bertz CT molecular complexity index is 553. The van der Waals surface area contributed by atoms with Gasteiger partial charge in [0.1, 0.15) is 0 Å². The molecule has 0 N–H and O–H groups in total. The van der Waals surface area contributed by atoms with Crippen molar-refractivity contribution in [1.82, 2.24) is 9.55 Å². The molecule has 2 rings (SSSR count). The highest BCUT2D eigenvalue weighted by atomic mass is 79.9. The number of imidazole rings is 1. The van der Waals surface area contributed by atoms with E-state index >= 15 is 0 Å². The van der Waals surface area contributed by atoms with Crippen LogP contribution in [0.3, 0.4) is 0 Å². The van der Waals surface area contributed by atoms with E-state index in [9.17, 15) is 0 Å². The summed E-state index contributed by atoms with van der Waals surface area (Å²) in [6.45, 7) is 5.35. The number of nitrogens with zero attached hydrogens (tertiary/aromatic N) is 2. The average molecular weight is 327 g/mol. The van der Waals surface area contributed by atoms with Crippen molar-refractivity contribution in [3.8, 4) is 0 Å². The molecule has 5 heteroatoms. The van der Waals surface area contributed by atoms with E-state index in [0.717, 1.165) is 33.0 Å². The second kappa shape index (κ2) is 6.41. The number of ether oxygens (including phenoxy) is 1. The third-order valence-corrected chi connectivity index (χ3v) is 4.21. The number of hydrogen-bond donors (Lipinski definition) is 0. The normalized spacial score (nSPS) is 11.0. The number of para-hydroxylation sites is 2. The van der Waals surface area contributed by atoms with Crippen molar-refractivity contribution >= 4 is 38.7 Å². The molecule has 0 atom stereocenters. The van der Waals surface area contributed by atoms with Gasteiger partial charge in [0.25, 0.3) is 0 Å². The Morgan fingerprint density at radius 3 is 3.00 bits per heavy atom. The largest absolute Gasteiger partial charge is 0.383 e. The highest BCUT2D eigenvalue weighted by molar-refractivity contribution is 9.11. The van der Waals surface area contributed by atoms with Crippen LogP contribution in [0.2, 0.25) is 0 Å². The van der Waals surface area contributed by atoms with Crippen LogP contribution < -0.4 is 0 Å². The zero-order chi connectivity index (χ0) is 13.0. The van der Waals surface area contributed by atoms with Gasteiger partial charge in [-0.15, -0.1) is 0 Å². The third-order valence-electron chi connectivity index (χ3n) is 2.50. The second-order valence-corrected chi connectivity index (χ2v) is 5.90. The lowest BCUT2D eigenvalue weighted by Crippen LogP contribution is -2.05. The molecule has 0 fully saturated rings. The number of benzene rings is 1.